The van der Waals surface area contributed by atoms with Gasteiger partial charge in [-0.05, 0) is 34.1 Å². The van der Waals surface area contributed by atoms with Crippen LogP contribution >= 0.6 is 0 Å². The molecule has 0 bridgehead atoms. The van der Waals surface area contributed by atoms with Crippen molar-refractivity contribution in [1.29, 1.82) is 0 Å². The summed E-state index contributed by atoms with van der Waals surface area (Å²) in [6.07, 6.45) is -3.58. The van der Waals surface area contributed by atoms with Crippen molar-refractivity contribution in [3.8, 4) is 0 Å². The maximum atomic E-state index is 13.9. The first-order valence-corrected chi connectivity index (χ1v) is 6.61. The van der Waals surface area contributed by atoms with Gasteiger partial charge in [0.05, 0.1) is 0 Å². The fraction of sp³-hybridized carbons (Fsp3) is 0.562. The highest BCUT2D eigenvalue weighted by molar-refractivity contribution is 5.57. The number of rotatable bonds is 2. The van der Waals surface area contributed by atoms with Crippen LogP contribution in [0.3, 0.4) is 0 Å². The highest BCUT2D eigenvalue weighted by Gasteiger charge is 2.24. The fourth-order valence-electron chi connectivity index (χ4n) is 1.81. The molecule has 0 aliphatic rings. The van der Waals surface area contributed by atoms with Crippen LogP contribution in [0.2, 0.25) is 0 Å². The van der Waals surface area contributed by atoms with Crippen molar-refractivity contribution in [2.75, 3.05) is 0 Å². The molecule has 20 heavy (non-hydrogen) atoms. The van der Waals surface area contributed by atoms with E-state index in [0.29, 0.717) is 0 Å². The molecule has 1 unspecified atom stereocenters. The van der Waals surface area contributed by atoms with E-state index in [1.54, 1.807) is 12.1 Å². The monoisotopic (exact) mass is 282 g/mol. The second kappa shape index (κ2) is 5.43. The average Bonchev–Trinajstić information content (AvgIpc) is 2.25. The van der Waals surface area contributed by atoms with Crippen LogP contribution in [0.1, 0.15) is 64.6 Å². The van der Waals surface area contributed by atoms with E-state index in [2.05, 4.69) is 4.74 Å². The molecule has 1 rings (SSSR count). The summed E-state index contributed by atoms with van der Waals surface area (Å²) in [6, 6.07) is 5.38. The van der Waals surface area contributed by atoms with Crippen molar-refractivity contribution < 1.29 is 19.0 Å². The van der Waals surface area contributed by atoms with Gasteiger partial charge in [0, 0.05) is 5.56 Å². The number of carbonyl (C=O) groups is 1. The zero-order valence-corrected chi connectivity index (χ0v) is 13.0. The Bertz CT molecular complexity index is 463. The predicted octanol–water partition coefficient (Wildman–Crippen LogP) is 4.94. The highest BCUT2D eigenvalue weighted by Crippen LogP contribution is 2.33. The third kappa shape index (κ3) is 4.22. The largest absolute Gasteiger partial charge is 0.508 e. The van der Waals surface area contributed by atoms with Crippen molar-refractivity contribution in [3.05, 3.63) is 34.9 Å². The molecule has 1 N–H and O–H groups in total. The molecule has 0 radical (unpaired) electrons. The molecular formula is C16H23FO3. The minimum absolute atomic E-state index is 0.154. The van der Waals surface area contributed by atoms with Gasteiger partial charge in [-0.1, -0.05) is 47.6 Å². The molecule has 0 spiro atoms. The molecule has 1 atom stereocenters. The molecule has 0 saturated carbocycles. The van der Waals surface area contributed by atoms with E-state index in [9.17, 15) is 9.18 Å². The summed E-state index contributed by atoms with van der Waals surface area (Å²) in [4.78, 5) is 10.5. The molecule has 0 aliphatic heterocycles. The van der Waals surface area contributed by atoms with Gasteiger partial charge in [-0.3, -0.25) is 0 Å². The highest BCUT2D eigenvalue weighted by atomic mass is 19.1. The predicted molar refractivity (Wildman–Crippen MR) is 76.8 cm³/mol. The molecule has 0 amide bonds. The van der Waals surface area contributed by atoms with Gasteiger partial charge in [-0.15, -0.1) is 0 Å². The maximum Gasteiger partial charge on any atom is 0.508 e. The molecular weight excluding hydrogens is 259 g/mol. The number of carboxylic acid groups (broad SMARTS) is 1. The van der Waals surface area contributed by atoms with E-state index in [1.807, 2.05) is 47.6 Å². The van der Waals surface area contributed by atoms with E-state index in [-0.39, 0.29) is 16.4 Å². The summed E-state index contributed by atoms with van der Waals surface area (Å²) in [5.41, 5.74) is 1.84. The van der Waals surface area contributed by atoms with Gasteiger partial charge in [0.2, 0.25) is 0 Å². The molecule has 1 aromatic rings. The van der Waals surface area contributed by atoms with Gasteiger partial charge in [-0.2, -0.15) is 4.39 Å². The van der Waals surface area contributed by atoms with Gasteiger partial charge in [-0.25, -0.2) is 4.79 Å². The Labute approximate surface area is 119 Å². The average molecular weight is 282 g/mol. The number of hydrogen-bond acceptors (Lipinski definition) is 2. The second-order valence-electron chi connectivity index (χ2n) is 7.04. The van der Waals surface area contributed by atoms with Gasteiger partial charge in [0.1, 0.15) is 0 Å². The van der Waals surface area contributed by atoms with Gasteiger partial charge in [0.25, 0.3) is 6.36 Å². The number of benzene rings is 1. The topological polar surface area (TPSA) is 46.5 Å². The van der Waals surface area contributed by atoms with E-state index >= 15 is 0 Å². The molecule has 1 aromatic carbocycles. The van der Waals surface area contributed by atoms with Crippen LogP contribution in [0.5, 0.6) is 0 Å². The molecule has 112 valence electrons. The number of alkyl halides is 1. The number of hydrogen-bond donors (Lipinski definition) is 1. The Balaban J connectivity index is 3.34. The quantitative estimate of drug-likeness (QED) is 0.781. The summed E-state index contributed by atoms with van der Waals surface area (Å²) in [5, 5.41) is 8.54. The van der Waals surface area contributed by atoms with E-state index < -0.39 is 12.5 Å². The van der Waals surface area contributed by atoms with Crippen molar-refractivity contribution in [1.82, 2.24) is 0 Å². The number of halogens is 1. The summed E-state index contributed by atoms with van der Waals surface area (Å²) < 4.78 is 18.1. The van der Waals surface area contributed by atoms with Gasteiger partial charge in [0.15, 0.2) is 0 Å². The van der Waals surface area contributed by atoms with Crippen LogP contribution in [-0.4, -0.2) is 11.3 Å². The van der Waals surface area contributed by atoms with Gasteiger partial charge < -0.3 is 9.84 Å². The molecule has 0 fully saturated rings. The lowest BCUT2D eigenvalue weighted by atomic mass is 9.79. The lowest BCUT2D eigenvalue weighted by Gasteiger charge is -2.26. The Morgan fingerprint density at radius 3 is 1.75 bits per heavy atom. The first-order chi connectivity index (χ1) is 8.91. The first-order valence-electron chi connectivity index (χ1n) is 6.61. The Morgan fingerprint density at radius 1 is 1.05 bits per heavy atom. The minimum atomic E-state index is -1.96. The molecule has 0 heterocycles. The standard InChI is InChI=1S/C16H23FO3/c1-15(2,3)11-7-10(13(17)20-14(18)19)8-12(9-11)16(4,5)6/h7-9,13H,1-6H3,(H,18,19). The lowest BCUT2D eigenvalue weighted by Crippen LogP contribution is -2.18. The molecule has 0 saturated heterocycles. The van der Waals surface area contributed by atoms with Crippen LogP contribution in [0, 0.1) is 0 Å². The minimum Gasteiger partial charge on any atom is -0.450 e. The zero-order valence-electron chi connectivity index (χ0n) is 13.0. The smallest absolute Gasteiger partial charge is 0.450 e. The van der Waals surface area contributed by atoms with E-state index in [1.165, 1.54) is 0 Å². The molecule has 3 nitrogen and oxygen atoms in total. The van der Waals surface area contributed by atoms with Crippen LogP contribution < -0.4 is 0 Å². The van der Waals surface area contributed by atoms with Crippen LogP contribution in [0.25, 0.3) is 0 Å². The van der Waals surface area contributed by atoms with Crippen molar-refractivity contribution in [2.24, 2.45) is 0 Å². The lowest BCUT2D eigenvalue weighted by molar-refractivity contribution is -0.0164. The van der Waals surface area contributed by atoms with Crippen molar-refractivity contribution >= 4 is 6.16 Å². The Kier molecular flexibility index (Phi) is 4.47. The summed E-state index contributed by atoms with van der Waals surface area (Å²) >= 11 is 0. The van der Waals surface area contributed by atoms with Crippen LogP contribution in [-0.2, 0) is 15.6 Å². The van der Waals surface area contributed by atoms with Gasteiger partial charge >= 0.3 is 6.16 Å². The third-order valence-electron chi connectivity index (χ3n) is 3.15. The first kappa shape index (κ1) is 16.5. The molecule has 0 aromatic heterocycles. The van der Waals surface area contributed by atoms with Crippen molar-refractivity contribution in [2.45, 2.75) is 58.7 Å². The van der Waals surface area contributed by atoms with Crippen LogP contribution in [0.15, 0.2) is 18.2 Å². The summed E-state index contributed by atoms with van der Waals surface area (Å²) in [5.74, 6) is 0. The third-order valence-corrected chi connectivity index (χ3v) is 3.15. The van der Waals surface area contributed by atoms with E-state index in [0.717, 1.165) is 11.1 Å². The summed E-state index contributed by atoms with van der Waals surface area (Å²) in [7, 11) is 0. The number of ether oxygens (including phenoxy) is 1. The van der Waals surface area contributed by atoms with Crippen LogP contribution in [0.4, 0.5) is 9.18 Å². The summed E-state index contributed by atoms with van der Waals surface area (Å²) in [6.45, 7) is 12.2. The van der Waals surface area contributed by atoms with E-state index in [4.69, 9.17) is 5.11 Å². The Hall–Kier alpha value is -1.58. The Morgan fingerprint density at radius 2 is 1.45 bits per heavy atom. The fourth-order valence-corrected chi connectivity index (χ4v) is 1.81. The molecule has 0 aliphatic carbocycles. The SMILES string of the molecule is CC(C)(C)c1cc(C(F)OC(=O)O)cc(C(C)(C)C)c1. The normalized spacial score (nSPS) is 13.9. The van der Waals surface area contributed by atoms with Crippen molar-refractivity contribution in [3.63, 3.8) is 0 Å². The maximum absolute atomic E-state index is 13.9. The molecule has 4 heteroatoms. The second-order valence-corrected chi connectivity index (χ2v) is 7.04. The zero-order chi connectivity index (χ0) is 15.7.